The standard InChI is InChI=1S/C13H14N4OS/c14-10-3-8-1-2-13(18)17-11(8)4-12(10)16-6-9-5-15-7-19-9/h3-5,7,16H,1-2,6,14H2,(H,17,18). The van der Waals surface area contributed by atoms with Crippen LogP contribution in [0.15, 0.2) is 23.8 Å². The van der Waals surface area contributed by atoms with Crippen LogP contribution in [0, 0.1) is 0 Å². The lowest BCUT2D eigenvalue weighted by Crippen LogP contribution is -2.19. The fourth-order valence-corrected chi connectivity index (χ4v) is 2.65. The summed E-state index contributed by atoms with van der Waals surface area (Å²) in [5.41, 5.74) is 11.3. The molecule has 0 spiro atoms. The van der Waals surface area contributed by atoms with Crippen LogP contribution >= 0.6 is 11.3 Å². The maximum Gasteiger partial charge on any atom is 0.224 e. The predicted molar refractivity (Wildman–Crippen MR) is 77.2 cm³/mol. The van der Waals surface area contributed by atoms with E-state index in [2.05, 4.69) is 15.6 Å². The van der Waals surface area contributed by atoms with Gasteiger partial charge >= 0.3 is 0 Å². The molecule has 6 heteroatoms. The lowest BCUT2D eigenvalue weighted by atomic mass is 10.0. The minimum Gasteiger partial charge on any atom is -0.397 e. The zero-order valence-electron chi connectivity index (χ0n) is 10.3. The maximum atomic E-state index is 11.4. The quantitative estimate of drug-likeness (QED) is 0.750. The van der Waals surface area contributed by atoms with Crippen molar-refractivity contribution in [1.82, 2.24) is 4.98 Å². The normalized spacial score (nSPS) is 13.8. The maximum absolute atomic E-state index is 11.4. The molecular weight excluding hydrogens is 260 g/mol. The SMILES string of the molecule is Nc1cc2c(cc1NCc1cncs1)NC(=O)CC2. The van der Waals surface area contributed by atoms with Gasteiger partial charge in [0, 0.05) is 23.2 Å². The van der Waals surface area contributed by atoms with Gasteiger partial charge in [0.15, 0.2) is 0 Å². The first kappa shape index (κ1) is 12.0. The highest BCUT2D eigenvalue weighted by Gasteiger charge is 2.16. The Labute approximate surface area is 114 Å². The van der Waals surface area contributed by atoms with E-state index >= 15 is 0 Å². The molecule has 98 valence electrons. The van der Waals surface area contributed by atoms with Gasteiger partial charge in [-0.05, 0) is 24.1 Å². The van der Waals surface area contributed by atoms with Gasteiger partial charge in [-0.2, -0.15) is 0 Å². The molecule has 0 saturated heterocycles. The molecule has 4 N–H and O–H groups in total. The largest absolute Gasteiger partial charge is 0.397 e. The second kappa shape index (κ2) is 4.89. The molecule has 2 heterocycles. The number of rotatable bonds is 3. The number of thiazole rings is 1. The van der Waals surface area contributed by atoms with E-state index in [0.717, 1.165) is 28.2 Å². The van der Waals surface area contributed by atoms with Crippen molar-refractivity contribution in [2.45, 2.75) is 19.4 Å². The first-order chi connectivity index (χ1) is 9.22. The molecule has 0 aliphatic carbocycles. The number of carbonyl (C=O) groups is 1. The Morgan fingerprint density at radius 2 is 2.32 bits per heavy atom. The summed E-state index contributed by atoms with van der Waals surface area (Å²) >= 11 is 1.59. The van der Waals surface area contributed by atoms with Gasteiger partial charge < -0.3 is 16.4 Å². The lowest BCUT2D eigenvalue weighted by Gasteiger charge is -2.19. The highest BCUT2D eigenvalue weighted by molar-refractivity contribution is 7.09. The fourth-order valence-electron chi connectivity index (χ4n) is 2.11. The number of aryl methyl sites for hydroxylation is 1. The van der Waals surface area contributed by atoms with Crippen LogP contribution in [-0.4, -0.2) is 10.9 Å². The third-order valence-corrected chi connectivity index (χ3v) is 3.89. The first-order valence-electron chi connectivity index (χ1n) is 6.06. The number of carbonyl (C=O) groups excluding carboxylic acids is 1. The average Bonchev–Trinajstić information content (AvgIpc) is 2.90. The van der Waals surface area contributed by atoms with Crippen molar-refractivity contribution in [3.8, 4) is 0 Å². The number of nitrogen functional groups attached to an aromatic ring is 1. The molecule has 1 aliphatic heterocycles. The van der Waals surface area contributed by atoms with Crippen molar-refractivity contribution in [2.24, 2.45) is 0 Å². The van der Waals surface area contributed by atoms with E-state index in [1.165, 1.54) is 0 Å². The Morgan fingerprint density at radius 1 is 1.42 bits per heavy atom. The number of benzene rings is 1. The molecule has 3 rings (SSSR count). The number of nitrogens with two attached hydrogens (primary N) is 1. The summed E-state index contributed by atoms with van der Waals surface area (Å²) in [4.78, 5) is 16.6. The van der Waals surface area contributed by atoms with Gasteiger partial charge in [-0.1, -0.05) is 0 Å². The number of nitrogens with zero attached hydrogens (tertiary/aromatic N) is 1. The minimum atomic E-state index is 0.0608. The van der Waals surface area contributed by atoms with Crippen LogP contribution in [0.4, 0.5) is 17.1 Å². The molecule has 1 aromatic heterocycles. The van der Waals surface area contributed by atoms with E-state index in [-0.39, 0.29) is 5.91 Å². The molecule has 1 aromatic carbocycles. The minimum absolute atomic E-state index is 0.0608. The number of hydrogen-bond acceptors (Lipinski definition) is 5. The van der Waals surface area contributed by atoms with E-state index in [1.54, 1.807) is 16.8 Å². The van der Waals surface area contributed by atoms with E-state index in [9.17, 15) is 4.79 Å². The molecule has 0 fully saturated rings. The van der Waals surface area contributed by atoms with E-state index in [0.29, 0.717) is 18.7 Å². The fraction of sp³-hybridized carbons (Fsp3) is 0.231. The van der Waals surface area contributed by atoms with Gasteiger partial charge in [0.2, 0.25) is 5.91 Å². The Hall–Kier alpha value is -2.08. The Kier molecular flexibility index (Phi) is 3.08. The number of aromatic nitrogens is 1. The van der Waals surface area contributed by atoms with Gasteiger partial charge in [0.25, 0.3) is 0 Å². The second-order valence-corrected chi connectivity index (χ2v) is 5.44. The molecule has 1 amide bonds. The smallest absolute Gasteiger partial charge is 0.224 e. The molecule has 1 aliphatic rings. The lowest BCUT2D eigenvalue weighted by molar-refractivity contribution is -0.116. The molecule has 0 unspecified atom stereocenters. The number of amides is 1. The van der Waals surface area contributed by atoms with Crippen LogP contribution in [0.5, 0.6) is 0 Å². The van der Waals surface area contributed by atoms with Crippen LogP contribution < -0.4 is 16.4 Å². The highest BCUT2D eigenvalue weighted by atomic mass is 32.1. The van der Waals surface area contributed by atoms with Crippen molar-refractivity contribution in [2.75, 3.05) is 16.4 Å². The summed E-state index contributed by atoms with van der Waals surface area (Å²) in [6.07, 6.45) is 3.11. The Bertz CT molecular complexity index is 609. The van der Waals surface area contributed by atoms with Gasteiger partial charge in [-0.3, -0.25) is 9.78 Å². The van der Waals surface area contributed by atoms with Crippen LogP contribution in [0.25, 0.3) is 0 Å². The Morgan fingerprint density at radius 3 is 3.11 bits per heavy atom. The first-order valence-corrected chi connectivity index (χ1v) is 6.94. The summed E-state index contributed by atoms with van der Waals surface area (Å²) < 4.78 is 0. The predicted octanol–water partition coefficient (Wildman–Crippen LogP) is 2.22. The van der Waals surface area contributed by atoms with Crippen LogP contribution in [0.2, 0.25) is 0 Å². The number of fused-ring (bicyclic) bond motifs is 1. The highest BCUT2D eigenvalue weighted by Crippen LogP contribution is 2.31. The molecule has 19 heavy (non-hydrogen) atoms. The summed E-state index contributed by atoms with van der Waals surface area (Å²) in [6, 6.07) is 3.84. The van der Waals surface area contributed by atoms with E-state index in [4.69, 9.17) is 5.73 Å². The molecule has 5 nitrogen and oxygen atoms in total. The van der Waals surface area contributed by atoms with Gasteiger partial charge in [-0.25, -0.2) is 0 Å². The van der Waals surface area contributed by atoms with Crippen LogP contribution in [0.1, 0.15) is 16.9 Å². The second-order valence-electron chi connectivity index (χ2n) is 4.47. The average molecular weight is 274 g/mol. The van der Waals surface area contributed by atoms with E-state index < -0.39 is 0 Å². The number of anilines is 3. The zero-order chi connectivity index (χ0) is 13.2. The van der Waals surface area contributed by atoms with Crippen molar-refractivity contribution < 1.29 is 4.79 Å². The summed E-state index contributed by atoms with van der Waals surface area (Å²) in [5, 5.41) is 6.15. The monoisotopic (exact) mass is 274 g/mol. The van der Waals surface area contributed by atoms with Gasteiger partial charge in [-0.15, -0.1) is 11.3 Å². The molecule has 0 radical (unpaired) electrons. The van der Waals surface area contributed by atoms with Crippen LogP contribution in [-0.2, 0) is 17.8 Å². The topological polar surface area (TPSA) is 80.0 Å². The van der Waals surface area contributed by atoms with Crippen molar-refractivity contribution >= 4 is 34.3 Å². The third-order valence-electron chi connectivity index (χ3n) is 3.11. The molecule has 0 saturated carbocycles. The molecular formula is C13H14N4OS. The molecule has 0 atom stereocenters. The zero-order valence-corrected chi connectivity index (χ0v) is 11.1. The molecule has 0 bridgehead atoms. The number of nitrogens with one attached hydrogen (secondary N) is 2. The number of hydrogen-bond donors (Lipinski definition) is 3. The van der Waals surface area contributed by atoms with Crippen molar-refractivity contribution in [3.63, 3.8) is 0 Å². The Balaban J connectivity index is 1.81. The third kappa shape index (κ3) is 2.53. The summed E-state index contributed by atoms with van der Waals surface area (Å²) in [7, 11) is 0. The van der Waals surface area contributed by atoms with Gasteiger partial charge in [0.05, 0.1) is 23.4 Å². The van der Waals surface area contributed by atoms with Crippen molar-refractivity contribution in [1.29, 1.82) is 0 Å². The summed E-state index contributed by atoms with van der Waals surface area (Å²) in [6.45, 7) is 0.682. The van der Waals surface area contributed by atoms with Crippen molar-refractivity contribution in [3.05, 3.63) is 34.3 Å². The molecule has 2 aromatic rings. The van der Waals surface area contributed by atoms with Gasteiger partial charge in [0.1, 0.15) is 0 Å². The van der Waals surface area contributed by atoms with E-state index in [1.807, 2.05) is 18.3 Å². The summed E-state index contributed by atoms with van der Waals surface area (Å²) in [5.74, 6) is 0.0608. The van der Waals surface area contributed by atoms with Crippen LogP contribution in [0.3, 0.4) is 0 Å².